The van der Waals surface area contributed by atoms with Crippen LogP contribution >= 0.6 is 0 Å². The van der Waals surface area contributed by atoms with Crippen molar-refractivity contribution in [1.82, 2.24) is 61.6 Å². The van der Waals surface area contributed by atoms with Gasteiger partial charge in [0.05, 0.1) is 12.1 Å². The summed E-state index contributed by atoms with van der Waals surface area (Å²) in [6, 6.07) is -3.36. The highest BCUT2D eigenvalue weighted by atomic mass is 32.3. The lowest BCUT2D eigenvalue weighted by atomic mass is 9.85. The lowest BCUT2D eigenvalue weighted by Gasteiger charge is -2.35. The zero-order valence-corrected chi connectivity index (χ0v) is 29.5. The van der Waals surface area contributed by atoms with Crippen molar-refractivity contribution < 1.29 is 45.6 Å². The summed E-state index contributed by atoms with van der Waals surface area (Å²) < 4.78 is 49.7. The van der Waals surface area contributed by atoms with Crippen molar-refractivity contribution in [3.05, 3.63) is 23.6 Å². The third-order valence-corrected chi connectivity index (χ3v) is 13.2. The normalized spacial score (nSPS) is 31.1. The maximum absolute atomic E-state index is 13.8. The first-order chi connectivity index (χ1) is 25.5. The molecule has 23 heteroatoms. The van der Waals surface area contributed by atoms with Crippen LogP contribution in [0.3, 0.4) is 0 Å². The molecule has 6 aliphatic heterocycles. The number of hydroxylamine groups is 4. The Morgan fingerprint density at radius 3 is 1.51 bits per heavy atom. The molecule has 0 radical (unpaired) electrons. The van der Waals surface area contributed by atoms with Gasteiger partial charge in [-0.2, -0.15) is 18.5 Å². The zero-order chi connectivity index (χ0) is 36.3. The van der Waals surface area contributed by atoms with Gasteiger partial charge in [0, 0.05) is 64.4 Å². The lowest BCUT2D eigenvalue weighted by molar-refractivity contribution is -0.101. The fourth-order valence-corrected chi connectivity index (χ4v) is 9.47. The molecule has 2 saturated carbocycles. The summed E-state index contributed by atoms with van der Waals surface area (Å²) in [5, 5.41) is 52.0. The first-order valence-electron chi connectivity index (χ1n) is 18.3. The Morgan fingerprint density at radius 1 is 0.736 bits per heavy atom. The number of hydrogen-bond donors (Lipinski definition) is 6. The van der Waals surface area contributed by atoms with Crippen molar-refractivity contribution in [3.8, 4) is 0 Å². The highest BCUT2D eigenvalue weighted by Gasteiger charge is 2.67. The van der Waals surface area contributed by atoms with Crippen LogP contribution < -0.4 is 21.3 Å². The number of aliphatic hydroxyl groups excluding tert-OH is 2. The topological polar surface area (TPSA) is 266 Å². The number of aromatic nitrogens is 4. The number of amides is 4. The minimum absolute atomic E-state index is 0.0287. The molecular weight excluding hydrogens is 720 g/mol. The number of carbonyl (C=O) groups is 2. The predicted octanol–water partition coefficient (Wildman–Crippen LogP) is -1.89. The Hall–Kier alpha value is -3.55. The van der Waals surface area contributed by atoms with Crippen molar-refractivity contribution in [3.63, 3.8) is 0 Å². The molecule has 6 atom stereocenters. The van der Waals surface area contributed by atoms with Crippen molar-refractivity contribution in [2.45, 2.75) is 87.0 Å². The van der Waals surface area contributed by atoms with Crippen LogP contribution in [0.1, 0.15) is 86.4 Å². The van der Waals surface area contributed by atoms with Gasteiger partial charge in [0.2, 0.25) is 23.6 Å². The van der Waals surface area contributed by atoms with Gasteiger partial charge in [-0.1, -0.05) is 0 Å². The van der Waals surface area contributed by atoms with Crippen LogP contribution in [0, 0.1) is 10.8 Å². The summed E-state index contributed by atoms with van der Waals surface area (Å²) in [6.07, 6.45) is 1.74. The first kappa shape index (κ1) is 34.0. The van der Waals surface area contributed by atoms with E-state index in [1.165, 1.54) is 9.80 Å². The number of fused-ring (bicyclic) bond motifs is 6. The van der Waals surface area contributed by atoms with Crippen LogP contribution in [0.15, 0.2) is 8.83 Å². The fourth-order valence-electron chi connectivity index (χ4n) is 8.71. The van der Waals surface area contributed by atoms with E-state index in [1.807, 2.05) is 0 Å². The Labute approximate surface area is 303 Å². The molecule has 8 fully saturated rings. The molecule has 2 spiro atoms. The number of piperidine rings is 2. The maximum Gasteiger partial charge on any atom is 0.442 e. The van der Waals surface area contributed by atoms with E-state index in [2.05, 4.69) is 41.7 Å². The van der Waals surface area contributed by atoms with Crippen molar-refractivity contribution >= 4 is 22.5 Å². The van der Waals surface area contributed by atoms with Gasteiger partial charge in [-0.25, -0.2) is 9.59 Å². The predicted molar refractivity (Wildman–Crippen MR) is 172 cm³/mol. The molecular formula is C30H42N12O10S. The van der Waals surface area contributed by atoms with Gasteiger partial charge in [-0.05, 0) is 49.4 Å². The monoisotopic (exact) mass is 762 g/mol. The molecule has 2 unspecified atom stereocenters. The van der Waals surface area contributed by atoms with E-state index in [4.69, 9.17) is 17.4 Å². The van der Waals surface area contributed by atoms with Gasteiger partial charge < -0.3 is 50.1 Å². The van der Waals surface area contributed by atoms with Gasteiger partial charge in [0.1, 0.15) is 24.3 Å². The molecule has 53 heavy (non-hydrogen) atoms. The Kier molecular flexibility index (Phi) is 7.84. The molecule has 22 nitrogen and oxygen atoms in total. The van der Waals surface area contributed by atoms with Crippen LogP contribution in [-0.4, -0.2) is 148 Å². The third kappa shape index (κ3) is 5.78. The number of nitrogens with zero attached hydrogens (tertiary/aromatic N) is 8. The summed E-state index contributed by atoms with van der Waals surface area (Å²) in [4.78, 5) is 30.4. The summed E-state index contributed by atoms with van der Waals surface area (Å²) >= 11 is 0. The zero-order valence-electron chi connectivity index (χ0n) is 28.7. The average molecular weight is 763 g/mol. The van der Waals surface area contributed by atoms with Crippen LogP contribution in [0.25, 0.3) is 0 Å². The van der Waals surface area contributed by atoms with Crippen molar-refractivity contribution in [2.24, 2.45) is 10.8 Å². The molecule has 6 saturated heterocycles. The smallest absolute Gasteiger partial charge is 0.420 e. The molecule has 2 aliphatic carbocycles. The van der Waals surface area contributed by atoms with Gasteiger partial charge in [0.15, 0.2) is 0 Å². The Balaban J connectivity index is 0.814. The summed E-state index contributed by atoms with van der Waals surface area (Å²) in [5.74, 6) is 0.367. The standard InChI is InChI=1S/C30H42N12O10S/c43-19(11-33-15-7-31-8-15)25-37-35-23(49-25)17-5-29(1-2-29)21-13-39(17)27(45)41(21)51-53(47,48)52-42-22-14-40(28(42)46)18(6-30(22)3-4-30)24-36-38-26(50-24)20(44)12-34-16-9-32-10-16/h15-22,31-34,43-44H,1-14H2/t17-,18-,19?,20?,21-,22-/m0/s1. The number of aliphatic hydroxyl groups is 2. The fraction of sp³-hybridized carbons (Fsp3) is 0.800. The molecule has 288 valence electrons. The van der Waals surface area contributed by atoms with Gasteiger partial charge >= 0.3 is 22.5 Å². The summed E-state index contributed by atoms with van der Waals surface area (Å²) in [7, 11) is -4.97. The van der Waals surface area contributed by atoms with E-state index in [9.17, 15) is 28.2 Å². The van der Waals surface area contributed by atoms with Gasteiger partial charge in [0.25, 0.3) is 0 Å². The second kappa shape index (κ2) is 12.2. The number of carbonyl (C=O) groups excluding carboxylic acids is 2. The van der Waals surface area contributed by atoms with Gasteiger partial charge in [-0.3, -0.25) is 0 Å². The second-order valence-corrected chi connectivity index (χ2v) is 16.9. The molecule has 8 heterocycles. The Bertz CT molecular complexity index is 1750. The van der Waals surface area contributed by atoms with E-state index >= 15 is 0 Å². The lowest BCUT2D eigenvalue weighted by Crippen LogP contribution is -2.56. The Morgan fingerprint density at radius 2 is 1.15 bits per heavy atom. The van der Waals surface area contributed by atoms with Crippen LogP contribution in [0.2, 0.25) is 0 Å². The average Bonchev–Trinajstić information content (AvgIpc) is 3.78. The number of rotatable bonds is 14. The maximum atomic E-state index is 13.8. The van der Waals surface area contributed by atoms with E-state index in [0.717, 1.165) is 62.0 Å². The summed E-state index contributed by atoms with van der Waals surface area (Å²) in [6.45, 7) is 4.01. The molecule has 2 aromatic rings. The molecule has 0 aromatic carbocycles. The van der Waals surface area contributed by atoms with Crippen molar-refractivity contribution in [2.75, 3.05) is 52.4 Å². The van der Waals surface area contributed by atoms with Crippen LogP contribution in [-0.2, 0) is 19.0 Å². The largest absolute Gasteiger partial charge is 0.442 e. The highest BCUT2D eigenvalue weighted by molar-refractivity contribution is 7.81. The van der Waals surface area contributed by atoms with E-state index in [0.29, 0.717) is 12.8 Å². The minimum Gasteiger partial charge on any atom is -0.420 e. The molecule has 8 aliphatic rings. The SMILES string of the molecule is O=C1N2C[C@H](N1OS(=O)(=O)ON1C(=O)N3C[C@H]1C1(CC1)C[C@H]3c1nnc(C(O)CNC3CNC3)o1)C1(CC1)C[C@H]2c1nnc(C(O)CNC2CNC2)o1. The van der Waals surface area contributed by atoms with E-state index in [1.54, 1.807) is 0 Å². The molecule has 6 N–H and O–H groups in total. The molecule has 4 amide bonds. The number of urea groups is 2. The minimum atomic E-state index is -4.97. The third-order valence-electron chi connectivity index (χ3n) is 12.5. The van der Waals surface area contributed by atoms with Crippen LogP contribution in [0.5, 0.6) is 0 Å². The molecule has 2 aromatic heterocycles. The quantitative estimate of drug-likeness (QED) is 0.123. The van der Waals surface area contributed by atoms with E-state index < -0.39 is 69.7 Å². The number of hydrogen-bond acceptors (Lipinski definition) is 18. The summed E-state index contributed by atoms with van der Waals surface area (Å²) in [5.41, 5.74) is -0.875. The first-order valence-corrected chi connectivity index (χ1v) is 19.6. The van der Waals surface area contributed by atoms with Crippen molar-refractivity contribution in [1.29, 1.82) is 0 Å². The molecule has 4 bridgehead atoms. The molecule has 10 rings (SSSR count). The highest BCUT2D eigenvalue weighted by Crippen LogP contribution is 2.63. The van der Waals surface area contributed by atoms with Gasteiger partial charge in [-0.15, -0.1) is 29.0 Å². The van der Waals surface area contributed by atoms with Crippen LogP contribution in [0.4, 0.5) is 9.59 Å². The number of nitrogens with one attached hydrogen (secondary N) is 4. The second-order valence-electron chi connectivity index (χ2n) is 15.8. The van der Waals surface area contributed by atoms with E-state index in [-0.39, 0.29) is 61.8 Å².